The first-order chi connectivity index (χ1) is 7.11. The molecule has 15 heavy (non-hydrogen) atoms. The predicted molar refractivity (Wildman–Crippen MR) is 65.9 cm³/mol. The summed E-state index contributed by atoms with van der Waals surface area (Å²) in [4.78, 5) is 2.45. The van der Waals surface area contributed by atoms with Crippen molar-refractivity contribution >= 4 is 0 Å². The number of unbranched alkanes of at least 4 members (excludes halogenated alkanes) is 2. The van der Waals surface area contributed by atoms with E-state index in [9.17, 15) is 0 Å². The minimum Gasteiger partial charge on any atom is -0.395 e. The van der Waals surface area contributed by atoms with Crippen LogP contribution in [0.5, 0.6) is 0 Å². The molecule has 0 spiro atoms. The quantitative estimate of drug-likeness (QED) is 0.576. The zero-order chi connectivity index (χ0) is 11.7. The van der Waals surface area contributed by atoms with Gasteiger partial charge in [0, 0.05) is 12.1 Å². The third-order valence-corrected chi connectivity index (χ3v) is 2.80. The molecule has 0 rings (SSSR count). The summed E-state index contributed by atoms with van der Waals surface area (Å²) in [6, 6.07) is 0.519. The summed E-state index contributed by atoms with van der Waals surface area (Å²) in [5.41, 5.74) is 5.70. The van der Waals surface area contributed by atoms with Gasteiger partial charge >= 0.3 is 0 Å². The highest BCUT2D eigenvalue weighted by Crippen LogP contribution is 2.05. The Balaban J connectivity index is 3.73. The lowest BCUT2D eigenvalue weighted by Gasteiger charge is -2.27. The van der Waals surface area contributed by atoms with Crippen LogP contribution in [0.15, 0.2) is 0 Å². The molecule has 0 aromatic heterocycles. The number of nitrogens with zero attached hydrogens (tertiary/aromatic N) is 1. The molecule has 0 amide bonds. The molecule has 3 N–H and O–H groups in total. The van der Waals surface area contributed by atoms with E-state index in [1.165, 1.54) is 19.3 Å². The van der Waals surface area contributed by atoms with Crippen molar-refractivity contribution in [1.82, 2.24) is 4.90 Å². The fourth-order valence-corrected chi connectivity index (χ4v) is 1.62. The molecule has 0 aromatic carbocycles. The molecule has 0 aromatic rings. The van der Waals surface area contributed by atoms with Crippen LogP contribution in [0, 0.1) is 0 Å². The minimum atomic E-state index is -0.0579. The first-order valence-electron chi connectivity index (χ1n) is 6.22. The van der Waals surface area contributed by atoms with E-state index in [-0.39, 0.29) is 12.6 Å². The Kier molecular flexibility index (Phi) is 9.06. The van der Waals surface area contributed by atoms with Crippen LogP contribution in [0.2, 0.25) is 0 Å². The van der Waals surface area contributed by atoms with Crippen molar-refractivity contribution in [3.63, 3.8) is 0 Å². The predicted octanol–water partition coefficient (Wildman–Crippen LogP) is 1.60. The number of aliphatic hydroxyl groups is 1. The summed E-state index contributed by atoms with van der Waals surface area (Å²) < 4.78 is 0. The Labute approximate surface area is 94.6 Å². The molecule has 0 saturated carbocycles. The summed E-state index contributed by atoms with van der Waals surface area (Å²) >= 11 is 0. The fourth-order valence-electron chi connectivity index (χ4n) is 1.62. The van der Waals surface area contributed by atoms with Crippen molar-refractivity contribution in [3.05, 3.63) is 0 Å². The summed E-state index contributed by atoms with van der Waals surface area (Å²) in [5.74, 6) is 0. The maximum atomic E-state index is 8.86. The van der Waals surface area contributed by atoms with Crippen molar-refractivity contribution in [3.8, 4) is 0 Å². The summed E-state index contributed by atoms with van der Waals surface area (Å²) in [6.07, 6.45) is 4.72. The molecular weight excluding hydrogens is 188 g/mol. The van der Waals surface area contributed by atoms with Crippen molar-refractivity contribution in [2.24, 2.45) is 5.73 Å². The van der Waals surface area contributed by atoms with Crippen molar-refractivity contribution in [2.75, 3.05) is 19.7 Å². The Morgan fingerprint density at radius 1 is 1.20 bits per heavy atom. The van der Waals surface area contributed by atoms with Gasteiger partial charge in [0.25, 0.3) is 0 Å². The summed E-state index contributed by atoms with van der Waals surface area (Å²) in [5, 5.41) is 8.86. The van der Waals surface area contributed by atoms with Crippen molar-refractivity contribution in [1.29, 1.82) is 0 Å². The molecule has 0 heterocycles. The number of hydrogen-bond acceptors (Lipinski definition) is 3. The third-order valence-electron chi connectivity index (χ3n) is 2.80. The summed E-state index contributed by atoms with van der Waals surface area (Å²) in [7, 11) is 0. The monoisotopic (exact) mass is 216 g/mol. The van der Waals surface area contributed by atoms with Crippen LogP contribution in [-0.4, -0.2) is 41.8 Å². The van der Waals surface area contributed by atoms with Gasteiger partial charge in [-0.2, -0.15) is 0 Å². The lowest BCUT2D eigenvalue weighted by molar-refractivity contribution is 0.192. The molecule has 0 aliphatic heterocycles. The number of hydrogen-bond donors (Lipinski definition) is 2. The highest BCUT2D eigenvalue weighted by atomic mass is 16.3. The zero-order valence-corrected chi connectivity index (χ0v) is 10.6. The van der Waals surface area contributed by atoms with Crippen LogP contribution >= 0.6 is 0 Å². The molecule has 1 unspecified atom stereocenters. The second kappa shape index (κ2) is 9.13. The Hall–Kier alpha value is -0.120. The summed E-state index contributed by atoms with van der Waals surface area (Å²) in [6.45, 7) is 8.92. The molecule has 0 bridgehead atoms. The van der Waals surface area contributed by atoms with E-state index in [2.05, 4.69) is 25.7 Å². The van der Waals surface area contributed by atoms with Crippen LogP contribution in [0.1, 0.15) is 46.5 Å². The standard InChI is InChI=1S/C12H28N2O/c1-4-5-6-8-14(11(2)3)9-7-12(13)10-15/h11-12,15H,4-10,13H2,1-3H3. The van der Waals surface area contributed by atoms with Crippen LogP contribution in [0.4, 0.5) is 0 Å². The average molecular weight is 216 g/mol. The maximum Gasteiger partial charge on any atom is 0.0583 e. The Morgan fingerprint density at radius 2 is 1.87 bits per heavy atom. The fraction of sp³-hybridized carbons (Fsp3) is 1.00. The molecule has 0 saturated heterocycles. The second-order valence-corrected chi connectivity index (χ2v) is 4.57. The molecule has 92 valence electrons. The van der Waals surface area contributed by atoms with Gasteiger partial charge < -0.3 is 15.7 Å². The number of aliphatic hydroxyl groups excluding tert-OH is 1. The second-order valence-electron chi connectivity index (χ2n) is 4.57. The van der Waals surface area contributed by atoms with Crippen molar-refractivity contribution < 1.29 is 5.11 Å². The number of rotatable bonds is 9. The van der Waals surface area contributed by atoms with Crippen LogP contribution in [-0.2, 0) is 0 Å². The van der Waals surface area contributed by atoms with Crippen LogP contribution in [0.25, 0.3) is 0 Å². The Morgan fingerprint density at radius 3 is 2.33 bits per heavy atom. The normalized spacial score (nSPS) is 13.8. The van der Waals surface area contributed by atoms with E-state index in [0.717, 1.165) is 19.5 Å². The molecule has 0 radical (unpaired) electrons. The molecule has 0 aliphatic rings. The number of nitrogens with two attached hydrogens (primary N) is 1. The van der Waals surface area contributed by atoms with Gasteiger partial charge in [-0.05, 0) is 39.8 Å². The first-order valence-corrected chi connectivity index (χ1v) is 6.22. The molecular formula is C12H28N2O. The first kappa shape index (κ1) is 14.9. The highest BCUT2D eigenvalue weighted by molar-refractivity contribution is 4.67. The molecule has 0 fully saturated rings. The average Bonchev–Trinajstić information content (AvgIpc) is 2.22. The van der Waals surface area contributed by atoms with Gasteiger partial charge in [-0.1, -0.05) is 19.8 Å². The van der Waals surface area contributed by atoms with E-state index in [0.29, 0.717) is 6.04 Å². The highest BCUT2D eigenvalue weighted by Gasteiger charge is 2.10. The van der Waals surface area contributed by atoms with Gasteiger partial charge in [-0.3, -0.25) is 0 Å². The van der Waals surface area contributed by atoms with Gasteiger partial charge in [-0.25, -0.2) is 0 Å². The molecule has 3 nitrogen and oxygen atoms in total. The zero-order valence-electron chi connectivity index (χ0n) is 10.6. The molecule has 3 heteroatoms. The Bertz CT molecular complexity index is 140. The lowest BCUT2D eigenvalue weighted by atomic mass is 10.1. The van der Waals surface area contributed by atoms with Gasteiger partial charge in [-0.15, -0.1) is 0 Å². The van der Waals surface area contributed by atoms with E-state index in [1.807, 2.05) is 0 Å². The molecule has 1 atom stereocenters. The van der Waals surface area contributed by atoms with E-state index >= 15 is 0 Å². The third kappa shape index (κ3) is 7.77. The van der Waals surface area contributed by atoms with E-state index in [4.69, 9.17) is 10.8 Å². The van der Waals surface area contributed by atoms with Crippen molar-refractivity contribution in [2.45, 2.75) is 58.5 Å². The lowest BCUT2D eigenvalue weighted by Crippen LogP contribution is -2.37. The maximum absolute atomic E-state index is 8.86. The van der Waals surface area contributed by atoms with Gasteiger partial charge in [0.2, 0.25) is 0 Å². The van der Waals surface area contributed by atoms with E-state index in [1.54, 1.807) is 0 Å². The van der Waals surface area contributed by atoms with Crippen LogP contribution < -0.4 is 5.73 Å². The van der Waals surface area contributed by atoms with Gasteiger partial charge in [0.15, 0.2) is 0 Å². The van der Waals surface area contributed by atoms with Gasteiger partial charge in [0.1, 0.15) is 0 Å². The van der Waals surface area contributed by atoms with Gasteiger partial charge in [0.05, 0.1) is 6.61 Å². The SMILES string of the molecule is CCCCCN(CCC(N)CO)C(C)C. The smallest absolute Gasteiger partial charge is 0.0583 e. The van der Waals surface area contributed by atoms with Crippen LogP contribution in [0.3, 0.4) is 0 Å². The molecule has 0 aliphatic carbocycles. The van der Waals surface area contributed by atoms with E-state index < -0.39 is 0 Å². The topological polar surface area (TPSA) is 49.5 Å². The minimum absolute atomic E-state index is 0.0579. The largest absolute Gasteiger partial charge is 0.395 e.